The summed E-state index contributed by atoms with van der Waals surface area (Å²) in [6.45, 7) is 3.04. The molecule has 1 aliphatic heterocycles. The highest BCUT2D eigenvalue weighted by Gasteiger charge is 2.44. The normalized spacial score (nSPS) is 28.3. The van der Waals surface area contributed by atoms with Crippen LogP contribution in [0, 0.1) is 17.2 Å². The SMILES string of the molecule is CCCN1CCC(C#N)C(F)(F)C1. The van der Waals surface area contributed by atoms with E-state index in [1.165, 1.54) is 0 Å². The first kappa shape index (κ1) is 10.4. The van der Waals surface area contributed by atoms with Crippen LogP contribution in [0.2, 0.25) is 0 Å². The van der Waals surface area contributed by atoms with E-state index >= 15 is 0 Å². The summed E-state index contributed by atoms with van der Waals surface area (Å²) in [4.78, 5) is 1.73. The van der Waals surface area contributed by atoms with E-state index in [4.69, 9.17) is 5.26 Å². The third-order valence-electron chi connectivity index (χ3n) is 2.37. The summed E-state index contributed by atoms with van der Waals surface area (Å²) in [5.74, 6) is -3.90. The monoisotopic (exact) mass is 188 g/mol. The van der Waals surface area contributed by atoms with Crippen LogP contribution in [-0.4, -0.2) is 30.5 Å². The molecule has 2 nitrogen and oxygen atoms in total. The molecule has 1 fully saturated rings. The van der Waals surface area contributed by atoms with Crippen LogP contribution in [-0.2, 0) is 0 Å². The van der Waals surface area contributed by atoms with E-state index in [-0.39, 0.29) is 6.54 Å². The second kappa shape index (κ2) is 4.01. The summed E-state index contributed by atoms with van der Waals surface area (Å²) in [5.41, 5.74) is 0. The minimum atomic E-state index is -2.82. The number of likely N-dealkylation sites (tertiary alicyclic amines) is 1. The molecule has 1 atom stereocenters. The van der Waals surface area contributed by atoms with Gasteiger partial charge in [0.25, 0.3) is 5.92 Å². The first-order valence-electron chi connectivity index (χ1n) is 4.60. The van der Waals surface area contributed by atoms with E-state index in [1.807, 2.05) is 6.92 Å². The molecule has 0 saturated carbocycles. The lowest BCUT2D eigenvalue weighted by Crippen LogP contribution is -2.48. The minimum Gasteiger partial charge on any atom is -0.297 e. The molecule has 0 aromatic heterocycles. The summed E-state index contributed by atoms with van der Waals surface area (Å²) in [6.07, 6.45) is 1.18. The number of hydrogen-bond donors (Lipinski definition) is 0. The molecule has 74 valence electrons. The van der Waals surface area contributed by atoms with Crippen LogP contribution in [0.4, 0.5) is 8.78 Å². The smallest absolute Gasteiger partial charge is 0.276 e. The molecule has 0 spiro atoms. The van der Waals surface area contributed by atoms with Crippen LogP contribution < -0.4 is 0 Å². The van der Waals surface area contributed by atoms with Crippen molar-refractivity contribution in [3.05, 3.63) is 0 Å². The first-order chi connectivity index (χ1) is 6.10. The molecule has 1 rings (SSSR count). The summed E-state index contributed by atoms with van der Waals surface area (Å²) < 4.78 is 26.4. The summed E-state index contributed by atoms with van der Waals surface area (Å²) in [5, 5.41) is 8.49. The highest BCUT2D eigenvalue weighted by molar-refractivity contribution is 4.98. The van der Waals surface area contributed by atoms with E-state index < -0.39 is 11.8 Å². The summed E-state index contributed by atoms with van der Waals surface area (Å²) in [7, 11) is 0. The minimum absolute atomic E-state index is 0.251. The summed E-state index contributed by atoms with van der Waals surface area (Å²) in [6, 6.07) is 1.68. The van der Waals surface area contributed by atoms with Gasteiger partial charge in [-0.15, -0.1) is 0 Å². The molecule has 0 aromatic rings. The van der Waals surface area contributed by atoms with E-state index in [9.17, 15) is 8.78 Å². The number of alkyl halides is 2. The van der Waals surface area contributed by atoms with E-state index in [2.05, 4.69) is 0 Å². The number of halogens is 2. The third kappa shape index (κ3) is 2.38. The van der Waals surface area contributed by atoms with Crippen molar-refractivity contribution in [2.24, 2.45) is 5.92 Å². The standard InChI is InChI=1S/C9H14F2N2/c1-2-4-13-5-3-8(6-12)9(10,11)7-13/h8H,2-5,7H2,1H3. The van der Waals surface area contributed by atoms with Crippen LogP contribution in [0.5, 0.6) is 0 Å². The Kier molecular flexibility index (Phi) is 3.21. The molecule has 1 unspecified atom stereocenters. The van der Waals surface area contributed by atoms with Gasteiger partial charge in [-0.1, -0.05) is 6.92 Å². The Morgan fingerprint density at radius 3 is 2.77 bits per heavy atom. The third-order valence-corrected chi connectivity index (χ3v) is 2.37. The highest BCUT2D eigenvalue weighted by atomic mass is 19.3. The molecular weight excluding hydrogens is 174 g/mol. The van der Waals surface area contributed by atoms with Crippen molar-refractivity contribution in [3.63, 3.8) is 0 Å². The Morgan fingerprint density at radius 1 is 1.62 bits per heavy atom. The van der Waals surface area contributed by atoms with Crippen molar-refractivity contribution in [2.45, 2.75) is 25.7 Å². The molecular formula is C9H14F2N2. The van der Waals surface area contributed by atoms with Gasteiger partial charge in [0.2, 0.25) is 0 Å². The molecule has 13 heavy (non-hydrogen) atoms. The fraction of sp³-hybridized carbons (Fsp3) is 0.889. The Bertz CT molecular complexity index is 210. The van der Waals surface area contributed by atoms with Crippen molar-refractivity contribution in [3.8, 4) is 6.07 Å². The van der Waals surface area contributed by atoms with E-state index in [1.54, 1.807) is 11.0 Å². The van der Waals surface area contributed by atoms with Gasteiger partial charge in [-0.25, -0.2) is 8.78 Å². The van der Waals surface area contributed by atoms with Crippen molar-refractivity contribution in [1.82, 2.24) is 4.90 Å². The van der Waals surface area contributed by atoms with Crippen LogP contribution in [0.15, 0.2) is 0 Å². The molecule has 0 amide bonds. The first-order valence-corrected chi connectivity index (χ1v) is 4.60. The van der Waals surface area contributed by atoms with Crippen LogP contribution >= 0.6 is 0 Å². The largest absolute Gasteiger partial charge is 0.297 e. The van der Waals surface area contributed by atoms with Gasteiger partial charge >= 0.3 is 0 Å². The maximum Gasteiger partial charge on any atom is 0.276 e. The second-order valence-corrected chi connectivity index (χ2v) is 3.51. The predicted molar refractivity (Wildman–Crippen MR) is 45.4 cm³/mol. The number of nitrogens with zero attached hydrogens (tertiary/aromatic N) is 2. The molecule has 1 heterocycles. The van der Waals surface area contributed by atoms with Gasteiger partial charge in [-0.05, 0) is 25.9 Å². The van der Waals surface area contributed by atoms with Crippen molar-refractivity contribution in [2.75, 3.05) is 19.6 Å². The lowest BCUT2D eigenvalue weighted by atomic mass is 9.94. The molecule has 0 N–H and O–H groups in total. The van der Waals surface area contributed by atoms with Gasteiger partial charge in [0.15, 0.2) is 0 Å². The predicted octanol–water partition coefficient (Wildman–Crippen LogP) is 1.88. The molecule has 1 aliphatic rings. The van der Waals surface area contributed by atoms with E-state index in [0.29, 0.717) is 19.5 Å². The Labute approximate surface area is 77.1 Å². The van der Waals surface area contributed by atoms with Gasteiger partial charge in [-0.3, -0.25) is 4.90 Å². The molecule has 0 radical (unpaired) electrons. The zero-order valence-corrected chi connectivity index (χ0v) is 7.76. The second-order valence-electron chi connectivity index (χ2n) is 3.51. The number of piperidine rings is 1. The van der Waals surface area contributed by atoms with Crippen molar-refractivity contribution in [1.29, 1.82) is 5.26 Å². The van der Waals surface area contributed by atoms with Crippen LogP contribution in [0.1, 0.15) is 19.8 Å². The number of hydrogen-bond acceptors (Lipinski definition) is 2. The lowest BCUT2D eigenvalue weighted by molar-refractivity contribution is -0.0916. The fourth-order valence-electron chi connectivity index (χ4n) is 1.68. The van der Waals surface area contributed by atoms with Crippen molar-refractivity contribution < 1.29 is 8.78 Å². The number of rotatable bonds is 2. The zero-order valence-electron chi connectivity index (χ0n) is 7.76. The van der Waals surface area contributed by atoms with Gasteiger partial charge in [0, 0.05) is 0 Å². The van der Waals surface area contributed by atoms with Gasteiger partial charge in [0.05, 0.1) is 12.6 Å². The van der Waals surface area contributed by atoms with E-state index in [0.717, 1.165) is 6.42 Å². The summed E-state index contributed by atoms with van der Waals surface area (Å²) >= 11 is 0. The Balaban J connectivity index is 2.55. The molecule has 0 aliphatic carbocycles. The highest BCUT2D eigenvalue weighted by Crippen LogP contribution is 2.32. The van der Waals surface area contributed by atoms with Crippen molar-refractivity contribution >= 4 is 0 Å². The molecule has 4 heteroatoms. The fourth-order valence-corrected chi connectivity index (χ4v) is 1.68. The molecule has 0 aromatic carbocycles. The molecule has 0 bridgehead atoms. The average Bonchev–Trinajstić information content (AvgIpc) is 2.03. The van der Waals surface area contributed by atoms with Gasteiger partial charge < -0.3 is 0 Å². The van der Waals surface area contributed by atoms with Gasteiger partial charge in [-0.2, -0.15) is 5.26 Å². The number of nitriles is 1. The average molecular weight is 188 g/mol. The Hall–Kier alpha value is -0.690. The van der Waals surface area contributed by atoms with Crippen LogP contribution in [0.25, 0.3) is 0 Å². The quantitative estimate of drug-likeness (QED) is 0.661. The van der Waals surface area contributed by atoms with Gasteiger partial charge in [0.1, 0.15) is 5.92 Å². The maximum absolute atomic E-state index is 13.2. The van der Waals surface area contributed by atoms with Crippen LogP contribution in [0.3, 0.4) is 0 Å². The zero-order chi connectivity index (χ0) is 9.90. The topological polar surface area (TPSA) is 27.0 Å². The molecule has 1 saturated heterocycles. The lowest BCUT2D eigenvalue weighted by Gasteiger charge is -2.35. The maximum atomic E-state index is 13.2. The Morgan fingerprint density at radius 2 is 2.31 bits per heavy atom.